The minimum Gasteiger partial charge on any atom is -0.493 e. The third-order valence-corrected chi connectivity index (χ3v) is 5.07. The molecule has 1 N–H and O–H groups in total. The summed E-state index contributed by atoms with van der Waals surface area (Å²) in [7, 11) is 3.13. The molecule has 0 aliphatic rings. The van der Waals surface area contributed by atoms with Crippen LogP contribution in [0.3, 0.4) is 0 Å². The number of ether oxygens (including phenoxy) is 2. The minimum atomic E-state index is -0.858. The number of aliphatic carboxylic acids is 1. The van der Waals surface area contributed by atoms with E-state index in [-0.39, 0.29) is 0 Å². The quantitative estimate of drug-likeness (QED) is 0.630. The molecule has 8 nitrogen and oxygen atoms in total. The molecule has 1 atom stereocenters. The summed E-state index contributed by atoms with van der Waals surface area (Å²) in [5.74, 6) is 0.862. The first kappa shape index (κ1) is 18.0. The van der Waals surface area contributed by atoms with Gasteiger partial charge in [-0.05, 0) is 36.8 Å². The molecule has 0 spiro atoms. The number of fused-ring (bicyclic) bond motifs is 1. The Bertz CT molecular complexity index is 944. The number of thioether (sulfide) groups is 1. The zero-order chi connectivity index (χ0) is 18.7. The normalized spacial score (nSPS) is 12.1. The van der Waals surface area contributed by atoms with E-state index in [2.05, 4.69) is 15.3 Å². The molecule has 1 aromatic carbocycles. The zero-order valence-corrected chi connectivity index (χ0v) is 15.4. The molecule has 0 fully saturated rings. The predicted octanol–water partition coefficient (Wildman–Crippen LogP) is 2.76. The molecule has 0 unspecified atom stereocenters. The van der Waals surface area contributed by atoms with Gasteiger partial charge in [-0.15, -0.1) is 10.2 Å². The highest BCUT2D eigenvalue weighted by Crippen LogP contribution is 2.32. The van der Waals surface area contributed by atoms with Crippen LogP contribution in [-0.2, 0) is 4.79 Å². The molecule has 0 aliphatic heterocycles. The number of aromatic nitrogens is 4. The zero-order valence-electron chi connectivity index (χ0n) is 14.5. The van der Waals surface area contributed by atoms with Crippen molar-refractivity contribution in [1.82, 2.24) is 19.8 Å². The molecule has 0 radical (unpaired) electrons. The molecule has 26 heavy (non-hydrogen) atoms. The molecule has 2 aromatic heterocycles. The predicted molar refractivity (Wildman–Crippen MR) is 96.9 cm³/mol. The molecule has 0 saturated carbocycles. The van der Waals surface area contributed by atoms with Gasteiger partial charge in [-0.1, -0.05) is 18.7 Å². The summed E-state index contributed by atoms with van der Waals surface area (Å²) in [6.45, 7) is 1.83. The first-order valence-corrected chi connectivity index (χ1v) is 8.79. The second-order valence-corrected chi connectivity index (χ2v) is 6.61. The molecule has 3 aromatic rings. The van der Waals surface area contributed by atoms with Crippen LogP contribution in [-0.4, -0.2) is 50.4 Å². The van der Waals surface area contributed by atoms with Crippen LogP contribution in [0.1, 0.15) is 13.3 Å². The fourth-order valence-electron chi connectivity index (χ4n) is 2.44. The van der Waals surface area contributed by atoms with Crippen molar-refractivity contribution in [3.63, 3.8) is 0 Å². The van der Waals surface area contributed by atoms with Crippen molar-refractivity contribution in [3.05, 3.63) is 30.3 Å². The summed E-state index contributed by atoms with van der Waals surface area (Å²) in [6.07, 6.45) is 0.504. The maximum absolute atomic E-state index is 11.3. The maximum atomic E-state index is 11.3. The summed E-state index contributed by atoms with van der Waals surface area (Å²) in [4.78, 5) is 11.3. The van der Waals surface area contributed by atoms with Crippen molar-refractivity contribution >= 4 is 23.4 Å². The van der Waals surface area contributed by atoms with Crippen LogP contribution in [0, 0.1) is 0 Å². The van der Waals surface area contributed by atoms with Crippen molar-refractivity contribution in [3.8, 4) is 22.9 Å². The van der Waals surface area contributed by atoms with Crippen molar-refractivity contribution in [1.29, 1.82) is 0 Å². The van der Waals surface area contributed by atoms with E-state index < -0.39 is 11.2 Å². The van der Waals surface area contributed by atoms with Gasteiger partial charge in [0.1, 0.15) is 10.3 Å². The second-order valence-electron chi connectivity index (χ2n) is 5.39. The first-order chi connectivity index (χ1) is 12.6. The molecule has 3 rings (SSSR count). The number of carboxylic acids is 1. The summed E-state index contributed by atoms with van der Waals surface area (Å²) in [5, 5.41) is 22.1. The number of nitrogens with zero attached hydrogens (tertiary/aromatic N) is 4. The summed E-state index contributed by atoms with van der Waals surface area (Å²) in [5.41, 5.74) is 1.33. The highest BCUT2D eigenvalue weighted by Gasteiger charge is 2.19. The number of benzene rings is 1. The van der Waals surface area contributed by atoms with Crippen LogP contribution in [0.5, 0.6) is 11.5 Å². The second kappa shape index (κ2) is 7.61. The van der Waals surface area contributed by atoms with Crippen LogP contribution in [0.2, 0.25) is 0 Å². The van der Waals surface area contributed by atoms with Crippen LogP contribution < -0.4 is 9.47 Å². The third-order valence-electron chi connectivity index (χ3n) is 3.79. The third kappa shape index (κ3) is 3.43. The Morgan fingerprint density at radius 1 is 1.19 bits per heavy atom. The number of carbonyl (C=O) groups is 1. The monoisotopic (exact) mass is 374 g/mol. The lowest BCUT2D eigenvalue weighted by molar-refractivity contribution is -0.136. The van der Waals surface area contributed by atoms with Crippen LogP contribution in [0.15, 0.2) is 35.4 Å². The SMILES string of the molecule is CC[C@@H](Sc1ccc2nnc(-c3ccc(OC)c(OC)c3)n2n1)C(=O)O. The van der Waals surface area contributed by atoms with Gasteiger partial charge in [-0.3, -0.25) is 4.79 Å². The molecule has 136 valence electrons. The topological polar surface area (TPSA) is 98.8 Å². The lowest BCUT2D eigenvalue weighted by Gasteiger charge is -2.10. The molecule has 0 aliphatic carbocycles. The molecule has 0 amide bonds. The number of carboxylic acid groups (broad SMARTS) is 1. The number of hydrogen-bond acceptors (Lipinski definition) is 7. The Labute approximate surface area is 154 Å². The standard InChI is InChI=1S/C17H18N4O4S/c1-4-13(17(22)23)26-15-8-7-14-18-19-16(21(14)20-15)10-5-6-11(24-2)12(9-10)25-3/h5-9,13H,4H2,1-3H3,(H,22,23)/t13-/m1/s1. The van der Waals surface area contributed by atoms with E-state index >= 15 is 0 Å². The fourth-order valence-corrected chi connectivity index (χ4v) is 3.28. The average Bonchev–Trinajstić information content (AvgIpc) is 3.08. The van der Waals surface area contributed by atoms with Gasteiger partial charge in [-0.25, -0.2) is 0 Å². The van der Waals surface area contributed by atoms with Gasteiger partial charge in [0.2, 0.25) is 0 Å². The van der Waals surface area contributed by atoms with Crippen molar-refractivity contribution in [2.75, 3.05) is 14.2 Å². The average molecular weight is 374 g/mol. The minimum absolute atomic E-state index is 0.504. The largest absolute Gasteiger partial charge is 0.493 e. The Morgan fingerprint density at radius 3 is 2.62 bits per heavy atom. The van der Waals surface area contributed by atoms with Gasteiger partial charge >= 0.3 is 5.97 Å². The molecule has 0 bridgehead atoms. The van der Waals surface area contributed by atoms with E-state index in [1.54, 1.807) is 43.0 Å². The van der Waals surface area contributed by atoms with Gasteiger partial charge in [0.25, 0.3) is 0 Å². The van der Waals surface area contributed by atoms with Gasteiger partial charge in [0.05, 0.1) is 14.2 Å². The van der Waals surface area contributed by atoms with Gasteiger partial charge in [0, 0.05) is 5.56 Å². The smallest absolute Gasteiger partial charge is 0.317 e. The molecular formula is C17H18N4O4S. The Kier molecular flexibility index (Phi) is 5.27. The van der Waals surface area contributed by atoms with Gasteiger partial charge in [-0.2, -0.15) is 9.61 Å². The summed E-state index contributed by atoms with van der Waals surface area (Å²) in [6, 6.07) is 8.93. The van der Waals surface area contributed by atoms with Crippen molar-refractivity contribution < 1.29 is 19.4 Å². The molecular weight excluding hydrogens is 356 g/mol. The summed E-state index contributed by atoms with van der Waals surface area (Å²) >= 11 is 1.20. The van der Waals surface area contributed by atoms with Gasteiger partial charge in [0.15, 0.2) is 23.0 Å². The lowest BCUT2D eigenvalue weighted by Crippen LogP contribution is -2.15. The van der Waals surface area contributed by atoms with E-state index in [4.69, 9.17) is 9.47 Å². The molecule has 2 heterocycles. The van der Waals surface area contributed by atoms with Crippen LogP contribution >= 0.6 is 11.8 Å². The number of rotatable bonds is 7. The first-order valence-electron chi connectivity index (χ1n) is 7.91. The lowest BCUT2D eigenvalue weighted by atomic mass is 10.2. The highest BCUT2D eigenvalue weighted by molar-refractivity contribution is 8.00. The van der Waals surface area contributed by atoms with Gasteiger partial charge < -0.3 is 14.6 Å². The van der Waals surface area contributed by atoms with Crippen LogP contribution in [0.4, 0.5) is 0 Å². The van der Waals surface area contributed by atoms with E-state index in [9.17, 15) is 9.90 Å². The van der Waals surface area contributed by atoms with Crippen LogP contribution in [0.25, 0.3) is 17.0 Å². The Balaban J connectivity index is 2.02. The fraction of sp³-hybridized carbons (Fsp3) is 0.294. The van der Waals surface area contributed by atoms with Crippen molar-refractivity contribution in [2.24, 2.45) is 0 Å². The number of hydrogen-bond donors (Lipinski definition) is 1. The number of methoxy groups -OCH3 is 2. The van der Waals surface area contributed by atoms with Crippen molar-refractivity contribution in [2.45, 2.75) is 23.6 Å². The Morgan fingerprint density at radius 2 is 1.96 bits per heavy atom. The Hall–Kier alpha value is -2.81. The van der Waals surface area contributed by atoms with E-state index in [1.165, 1.54) is 11.8 Å². The highest BCUT2D eigenvalue weighted by atomic mass is 32.2. The summed E-state index contributed by atoms with van der Waals surface area (Å²) < 4.78 is 12.2. The van der Waals surface area contributed by atoms with E-state index in [1.807, 2.05) is 13.0 Å². The molecule has 9 heteroatoms. The maximum Gasteiger partial charge on any atom is 0.317 e. The van der Waals surface area contributed by atoms with E-state index in [0.717, 1.165) is 5.56 Å². The van der Waals surface area contributed by atoms with E-state index in [0.29, 0.717) is 34.4 Å². The molecule has 0 saturated heterocycles.